The lowest BCUT2D eigenvalue weighted by molar-refractivity contribution is -0.0930. The first-order valence-electron chi connectivity index (χ1n) is 14.9. The van der Waals surface area contributed by atoms with E-state index in [4.69, 9.17) is 23.4 Å². The van der Waals surface area contributed by atoms with Crippen LogP contribution < -0.4 is 9.47 Å². The van der Waals surface area contributed by atoms with Gasteiger partial charge in [0, 0.05) is 29.8 Å². The molecular weight excluding hydrogens is 568 g/mol. The van der Waals surface area contributed by atoms with Crippen molar-refractivity contribution in [3.05, 3.63) is 138 Å². The summed E-state index contributed by atoms with van der Waals surface area (Å²) in [6, 6.07) is 33.6. The number of furan rings is 1. The molecule has 8 nitrogen and oxygen atoms in total. The van der Waals surface area contributed by atoms with E-state index in [2.05, 4.69) is 17.1 Å². The highest BCUT2D eigenvalue weighted by Gasteiger charge is 2.42. The van der Waals surface area contributed by atoms with Crippen LogP contribution in [0, 0.1) is 0 Å². The van der Waals surface area contributed by atoms with E-state index in [-0.39, 0.29) is 6.61 Å². The fourth-order valence-corrected chi connectivity index (χ4v) is 6.25. The van der Waals surface area contributed by atoms with E-state index in [9.17, 15) is 5.11 Å². The Kier molecular flexibility index (Phi) is 7.85. The normalized spacial score (nSPS) is 18.3. The molecule has 0 radical (unpaired) electrons. The maximum atomic E-state index is 11.3. The van der Waals surface area contributed by atoms with Gasteiger partial charge >= 0.3 is 0 Å². The van der Waals surface area contributed by atoms with Crippen LogP contribution in [0.15, 0.2) is 126 Å². The summed E-state index contributed by atoms with van der Waals surface area (Å²) >= 11 is 0. The summed E-state index contributed by atoms with van der Waals surface area (Å²) in [6.45, 7) is 0.134. The van der Waals surface area contributed by atoms with Gasteiger partial charge in [-0.05, 0) is 65.2 Å². The molecule has 1 N–H and O–H groups in total. The van der Waals surface area contributed by atoms with Crippen molar-refractivity contribution in [2.45, 2.75) is 30.5 Å². The van der Waals surface area contributed by atoms with Gasteiger partial charge in [0.1, 0.15) is 40.8 Å². The molecule has 0 amide bonds. The molecule has 7 rings (SSSR count). The smallest absolute Gasteiger partial charge is 0.143 e. The number of pyridine rings is 1. The third-order valence-corrected chi connectivity index (χ3v) is 8.55. The molecule has 1 fully saturated rings. The van der Waals surface area contributed by atoms with Gasteiger partial charge in [-0.25, -0.2) is 4.98 Å². The summed E-state index contributed by atoms with van der Waals surface area (Å²) in [4.78, 5) is 4.65. The molecule has 0 bridgehead atoms. The number of aliphatic hydroxyl groups excluding tert-OH is 1. The summed E-state index contributed by atoms with van der Waals surface area (Å²) in [5, 5.41) is 12.2. The van der Waals surface area contributed by atoms with Gasteiger partial charge in [0.25, 0.3) is 0 Å². The summed E-state index contributed by atoms with van der Waals surface area (Å²) in [5.41, 5.74) is 3.46. The molecule has 0 spiro atoms. The number of aliphatic hydroxyl groups is 1. The predicted octanol–water partition coefficient (Wildman–Crippen LogP) is 6.97. The van der Waals surface area contributed by atoms with E-state index in [1.165, 1.54) is 0 Å². The lowest BCUT2D eigenvalue weighted by atomic mass is 9.80. The second-order valence-corrected chi connectivity index (χ2v) is 11.0. The van der Waals surface area contributed by atoms with Crippen LogP contribution in [-0.4, -0.2) is 47.7 Å². The summed E-state index contributed by atoms with van der Waals surface area (Å²) in [6.07, 6.45) is 4.02. The first-order chi connectivity index (χ1) is 22.1. The number of hydrogen-bond donors (Lipinski definition) is 1. The standard InChI is InChI=1S/C37H34N2O6/c1-41-28-14-10-26(11-15-28)37(25-7-4-3-5-8-25,27-12-16-29(42-2)17-13-27)44-24-34-32(40)23-35(45-34)39-21-19-31-30(18-20-38-36(31)39)33-9-6-22-43-33/h3-22,32,34-35,40H,23-24H2,1-2H3/t32-,34+,35+/m0/s1. The van der Waals surface area contributed by atoms with E-state index in [1.54, 1.807) is 26.7 Å². The topological polar surface area (TPSA) is 88.1 Å². The molecular formula is C37H34N2O6. The molecule has 1 aliphatic heterocycles. The number of nitrogens with zero attached hydrogens (tertiary/aromatic N) is 2. The SMILES string of the molecule is COc1ccc(C(OC[C@H]2O[C@@H](n3ccc4c(-c5ccco5)ccnc43)C[C@@H]2O)(c2ccccc2)c2ccc(OC)cc2)cc1. The molecule has 4 heterocycles. The highest BCUT2D eigenvalue weighted by molar-refractivity contribution is 5.91. The van der Waals surface area contributed by atoms with Crippen LogP contribution >= 0.6 is 0 Å². The maximum absolute atomic E-state index is 11.3. The predicted molar refractivity (Wildman–Crippen MR) is 170 cm³/mol. The van der Waals surface area contributed by atoms with Crippen molar-refractivity contribution < 1.29 is 28.5 Å². The van der Waals surface area contributed by atoms with Gasteiger partial charge in [-0.3, -0.25) is 0 Å². The Morgan fingerprint density at radius 2 is 1.49 bits per heavy atom. The van der Waals surface area contributed by atoms with Crippen LogP contribution in [0.5, 0.6) is 11.5 Å². The van der Waals surface area contributed by atoms with Crippen molar-refractivity contribution in [1.29, 1.82) is 0 Å². The lowest BCUT2D eigenvalue weighted by Gasteiger charge is -2.37. The second-order valence-electron chi connectivity index (χ2n) is 11.0. The lowest BCUT2D eigenvalue weighted by Crippen LogP contribution is -2.38. The minimum atomic E-state index is -1.01. The molecule has 45 heavy (non-hydrogen) atoms. The van der Waals surface area contributed by atoms with E-state index in [0.29, 0.717) is 6.42 Å². The number of rotatable bonds is 10. The quantitative estimate of drug-likeness (QED) is 0.169. The summed E-state index contributed by atoms with van der Waals surface area (Å²) in [5.74, 6) is 2.26. The van der Waals surface area contributed by atoms with Gasteiger partial charge in [0.15, 0.2) is 0 Å². The Hall–Kier alpha value is -4.89. The molecule has 228 valence electrons. The summed E-state index contributed by atoms with van der Waals surface area (Å²) in [7, 11) is 3.30. The minimum absolute atomic E-state index is 0.134. The highest BCUT2D eigenvalue weighted by atomic mass is 16.6. The van der Waals surface area contributed by atoms with Gasteiger partial charge in [-0.15, -0.1) is 0 Å². The molecule has 0 saturated carbocycles. The zero-order chi connectivity index (χ0) is 30.8. The van der Waals surface area contributed by atoms with Crippen LogP contribution in [0.4, 0.5) is 0 Å². The average Bonchev–Trinajstić information content (AvgIpc) is 3.87. The van der Waals surface area contributed by atoms with Crippen molar-refractivity contribution >= 4 is 11.0 Å². The number of fused-ring (bicyclic) bond motifs is 1. The molecule has 3 aromatic carbocycles. The number of methoxy groups -OCH3 is 2. The van der Waals surface area contributed by atoms with Gasteiger partial charge in [-0.1, -0.05) is 54.6 Å². The third-order valence-electron chi connectivity index (χ3n) is 8.55. The highest BCUT2D eigenvalue weighted by Crippen LogP contribution is 2.43. The fraction of sp³-hybridized carbons (Fsp3) is 0.216. The van der Waals surface area contributed by atoms with Crippen molar-refractivity contribution in [1.82, 2.24) is 9.55 Å². The van der Waals surface area contributed by atoms with Crippen molar-refractivity contribution in [3.63, 3.8) is 0 Å². The Morgan fingerprint density at radius 1 is 0.822 bits per heavy atom. The van der Waals surface area contributed by atoms with Gasteiger partial charge in [-0.2, -0.15) is 0 Å². The third kappa shape index (κ3) is 5.27. The van der Waals surface area contributed by atoms with Crippen molar-refractivity contribution in [2.24, 2.45) is 0 Å². The van der Waals surface area contributed by atoms with Crippen LogP contribution in [0.1, 0.15) is 29.3 Å². The van der Waals surface area contributed by atoms with E-state index < -0.39 is 24.0 Å². The largest absolute Gasteiger partial charge is 0.497 e. The number of ether oxygens (including phenoxy) is 4. The minimum Gasteiger partial charge on any atom is -0.497 e. The molecule has 3 aromatic heterocycles. The first kappa shape index (κ1) is 28.9. The molecule has 8 heteroatoms. The van der Waals surface area contributed by atoms with Gasteiger partial charge in [0.2, 0.25) is 0 Å². The Bertz CT molecular complexity index is 1800. The maximum Gasteiger partial charge on any atom is 0.143 e. The van der Waals surface area contributed by atoms with Gasteiger partial charge in [0.05, 0.1) is 33.2 Å². The van der Waals surface area contributed by atoms with Crippen LogP contribution in [0.3, 0.4) is 0 Å². The molecule has 3 atom stereocenters. The van der Waals surface area contributed by atoms with E-state index >= 15 is 0 Å². The van der Waals surface area contributed by atoms with Crippen LogP contribution in [0.25, 0.3) is 22.4 Å². The zero-order valence-corrected chi connectivity index (χ0v) is 25.1. The Balaban J connectivity index is 1.23. The zero-order valence-electron chi connectivity index (χ0n) is 25.1. The van der Waals surface area contributed by atoms with E-state index in [1.807, 2.05) is 102 Å². The molecule has 0 unspecified atom stereocenters. The molecule has 1 saturated heterocycles. The Morgan fingerprint density at radius 3 is 2.11 bits per heavy atom. The average molecular weight is 603 g/mol. The molecule has 0 aliphatic carbocycles. The van der Waals surface area contributed by atoms with Crippen molar-refractivity contribution in [3.8, 4) is 22.8 Å². The molecule has 6 aromatic rings. The number of aromatic nitrogens is 2. The summed E-state index contributed by atoms with van der Waals surface area (Å²) < 4.78 is 32.1. The number of benzene rings is 3. The van der Waals surface area contributed by atoms with Crippen molar-refractivity contribution in [2.75, 3.05) is 20.8 Å². The van der Waals surface area contributed by atoms with Crippen LogP contribution in [-0.2, 0) is 15.1 Å². The monoisotopic (exact) mass is 602 g/mol. The van der Waals surface area contributed by atoms with E-state index in [0.717, 1.165) is 50.5 Å². The van der Waals surface area contributed by atoms with Gasteiger partial charge < -0.3 is 33.0 Å². The number of hydrogen-bond acceptors (Lipinski definition) is 7. The fourth-order valence-electron chi connectivity index (χ4n) is 6.25. The first-order valence-corrected chi connectivity index (χ1v) is 14.9. The van der Waals surface area contributed by atoms with Crippen LogP contribution in [0.2, 0.25) is 0 Å². The Labute approximate surface area is 261 Å². The molecule has 1 aliphatic rings. The second kappa shape index (κ2) is 12.2.